The van der Waals surface area contributed by atoms with E-state index in [1.165, 1.54) is 0 Å². The highest BCUT2D eigenvalue weighted by Crippen LogP contribution is 2.29. The van der Waals surface area contributed by atoms with Gasteiger partial charge in [-0.25, -0.2) is 4.79 Å². The first-order valence-corrected chi connectivity index (χ1v) is 6.31. The van der Waals surface area contributed by atoms with Crippen LogP contribution in [0.2, 0.25) is 5.02 Å². The lowest BCUT2D eigenvalue weighted by Crippen LogP contribution is -2.61. The maximum absolute atomic E-state index is 10.5. The van der Waals surface area contributed by atoms with E-state index < -0.39 is 11.6 Å². The van der Waals surface area contributed by atoms with Gasteiger partial charge in [0.05, 0.1) is 5.60 Å². The summed E-state index contributed by atoms with van der Waals surface area (Å²) in [6.07, 6.45) is 0. The van der Waals surface area contributed by atoms with E-state index in [0.29, 0.717) is 24.7 Å². The summed E-state index contributed by atoms with van der Waals surface area (Å²) in [5.41, 5.74) is 0.333. The summed E-state index contributed by atoms with van der Waals surface area (Å²) < 4.78 is 5.32. The quantitative estimate of drug-likeness (QED) is 0.862. The number of nitrogens with zero attached hydrogens (tertiary/aromatic N) is 1. The molecule has 1 saturated heterocycles. The molecule has 1 fully saturated rings. The molecule has 5 nitrogen and oxygen atoms in total. The molecule has 104 valence electrons. The van der Waals surface area contributed by atoms with Crippen LogP contribution < -0.4 is 0 Å². The van der Waals surface area contributed by atoms with Crippen molar-refractivity contribution in [2.75, 3.05) is 19.7 Å². The van der Waals surface area contributed by atoms with Crippen LogP contribution in [-0.4, -0.2) is 46.4 Å². The van der Waals surface area contributed by atoms with Gasteiger partial charge < -0.3 is 14.9 Å². The maximum atomic E-state index is 10.5. The van der Waals surface area contributed by atoms with Crippen molar-refractivity contribution in [3.05, 3.63) is 28.8 Å². The molecule has 0 atom stereocenters. The summed E-state index contributed by atoms with van der Waals surface area (Å²) in [4.78, 5) is 12.5. The Bertz CT molecular complexity index is 486. The van der Waals surface area contributed by atoms with Gasteiger partial charge in [0.15, 0.2) is 0 Å². The molecule has 1 heterocycles. The molecular weight excluding hydrogens is 270 g/mol. The van der Waals surface area contributed by atoms with E-state index in [1.807, 2.05) is 6.92 Å². The molecule has 1 aliphatic heterocycles. The number of aliphatic carboxylic acids is 1. The van der Waals surface area contributed by atoms with E-state index >= 15 is 0 Å². The minimum Gasteiger partial charge on any atom is -0.508 e. The Morgan fingerprint density at radius 1 is 1.53 bits per heavy atom. The van der Waals surface area contributed by atoms with E-state index in [0.717, 1.165) is 5.56 Å². The van der Waals surface area contributed by atoms with Crippen LogP contribution in [0.1, 0.15) is 12.5 Å². The molecule has 1 aromatic rings. The second kappa shape index (κ2) is 5.36. The molecule has 0 aliphatic carbocycles. The normalized spacial score (nSPS) is 18.0. The lowest BCUT2D eigenvalue weighted by atomic mass is 9.95. The number of hydrogen-bond donors (Lipinski definition) is 2. The third-order valence-electron chi connectivity index (χ3n) is 3.10. The zero-order chi connectivity index (χ0) is 14.0. The first-order chi connectivity index (χ1) is 8.88. The van der Waals surface area contributed by atoms with E-state index in [-0.39, 0.29) is 12.4 Å². The Morgan fingerprint density at radius 3 is 2.84 bits per heavy atom. The predicted molar refractivity (Wildman–Crippen MR) is 70.4 cm³/mol. The molecule has 0 radical (unpaired) electrons. The fraction of sp³-hybridized carbons (Fsp3) is 0.462. The molecule has 2 N–H and O–H groups in total. The average Bonchev–Trinajstić information content (AvgIpc) is 2.29. The van der Waals surface area contributed by atoms with Crippen molar-refractivity contribution in [1.82, 2.24) is 4.90 Å². The molecule has 1 aliphatic rings. The highest BCUT2D eigenvalue weighted by molar-refractivity contribution is 6.30. The summed E-state index contributed by atoms with van der Waals surface area (Å²) in [5.74, 6) is -0.753. The average molecular weight is 286 g/mol. The number of aromatic hydroxyl groups is 1. The minimum atomic E-state index is -0.966. The molecule has 0 bridgehead atoms. The Balaban J connectivity index is 1.87. The van der Waals surface area contributed by atoms with Gasteiger partial charge in [-0.15, -0.1) is 0 Å². The van der Waals surface area contributed by atoms with Gasteiger partial charge in [-0.3, -0.25) is 4.90 Å². The number of carboxylic acid groups (broad SMARTS) is 1. The van der Waals surface area contributed by atoms with Gasteiger partial charge in [-0.1, -0.05) is 11.6 Å². The van der Waals surface area contributed by atoms with Crippen molar-refractivity contribution < 1.29 is 19.7 Å². The van der Waals surface area contributed by atoms with Crippen molar-refractivity contribution in [2.45, 2.75) is 19.1 Å². The topological polar surface area (TPSA) is 70.0 Å². The molecule has 19 heavy (non-hydrogen) atoms. The van der Waals surface area contributed by atoms with Gasteiger partial charge in [0.2, 0.25) is 0 Å². The van der Waals surface area contributed by atoms with Crippen molar-refractivity contribution in [2.24, 2.45) is 0 Å². The zero-order valence-corrected chi connectivity index (χ0v) is 11.4. The summed E-state index contributed by atoms with van der Waals surface area (Å²) in [5, 5.41) is 18.9. The van der Waals surface area contributed by atoms with E-state index in [4.69, 9.17) is 21.4 Å². The number of phenolic OH excluding ortho intramolecular Hbond substituents is 1. The van der Waals surface area contributed by atoms with Gasteiger partial charge in [0.25, 0.3) is 0 Å². The summed E-state index contributed by atoms with van der Waals surface area (Å²) in [6.45, 7) is 3.42. The molecule has 0 spiro atoms. The third kappa shape index (κ3) is 3.59. The number of carbonyl (C=O) groups is 1. The number of hydrogen-bond acceptors (Lipinski definition) is 4. The standard InChI is InChI=1S/C13H16ClNO4/c1-13(19-6-12(17)18)7-15(8-13)5-9-4-10(14)2-3-11(9)16/h2-4,16H,5-8H2,1H3,(H,17,18). The van der Waals surface area contributed by atoms with Crippen LogP contribution in [0.15, 0.2) is 18.2 Å². The second-order valence-corrected chi connectivity index (χ2v) is 5.49. The van der Waals surface area contributed by atoms with Crippen molar-refractivity contribution in [3.8, 4) is 5.75 Å². The van der Waals surface area contributed by atoms with Gasteiger partial charge in [0, 0.05) is 30.2 Å². The van der Waals surface area contributed by atoms with E-state index in [2.05, 4.69) is 4.90 Å². The lowest BCUT2D eigenvalue weighted by Gasteiger charge is -2.47. The first-order valence-electron chi connectivity index (χ1n) is 5.93. The molecule has 0 aromatic heterocycles. The van der Waals surface area contributed by atoms with Gasteiger partial charge in [0.1, 0.15) is 12.4 Å². The van der Waals surface area contributed by atoms with Crippen molar-refractivity contribution in [1.29, 1.82) is 0 Å². The smallest absolute Gasteiger partial charge is 0.329 e. The van der Waals surface area contributed by atoms with Crippen LogP contribution in [0.4, 0.5) is 0 Å². The number of phenols is 1. The summed E-state index contributed by atoms with van der Waals surface area (Å²) >= 11 is 5.88. The van der Waals surface area contributed by atoms with Crippen LogP contribution in [0.5, 0.6) is 5.75 Å². The van der Waals surface area contributed by atoms with Crippen LogP contribution in [-0.2, 0) is 16.1 Å². The van der Waals surface area contributed by atoms with E-state index in [1.54, 1.807) is 18.2 Å². The van der Waals surface area contributed by atoms with Crippen LogP contribution in [0, 0.1) is 0 Å². The van der Waals surface area contributed by atoms with Gasteiger partial charge in [-0.05, 0) is 25.1 Å². The molecule has 0 saturated carbocycles. The number of likely N-dealkylation sites (tertiary alicyclic amines) is 1. The largest absolute Gasteiger partial charge is 0.508 e. The summed E-state index contributed by atoms with van der Waals surface area (Å²) in [7, 11) is 0. The summed E-state index contributed by atoms with van der Waals surface area (Å²) in [6, 6.07) is 4.93. The van der Waals surface area contributed by atoms with Crippen molar-refractivity contribution >= 4 is 17.6 Å². The fourth-order valence-electron chi connectivity index (χ4n) is 2.26. The van der Waals surface area contributed by atoms with E-state index in [9.17, 15) is 9.90 Å². The second-order valence-electron chi connectivity index (χ2n) is 5.05. The molecule has 0 amide bonds. The monoisotopic (exact) mass is 285 g/mol. The zero-order valence-electron chi connectivity index (χ0n) is 10.6. The fourth-order valence-corrected chi connectivity index (χ4v) is 2.46. The number of benzene rings is 1. The van der Waals surface area contributed by atoms with Crippen LogP contribution in [0.25, 0.3) is 0 Å². The number of carboxylic acids is 1. The van der Waals surface area contributed by atoms with Crippen molar-refractivity contribution in [3.63, 3.8) is 0 Å². The molecule has 6 heteroatoms. The highest BCUT2D eigenvalue weighted by atomic mass is 35.5. The first kappa shape index (κ1) is 14.1. The SMILES string of the molecule is CC1(OCC(=O)O)CN(Cc2cc(Cl)ccc2O)C1. The molecule has 0 unspecified atom stereocenters. The highest BCUT2D eigenvalue weighted by Gasteiger charge is 2.40. The van der Waals surface area contributed by atoms with Gasteiger partial charge in [-0.2, -0.15) is 0 Å². The van der Waals surface area contributed by atoms with Crippen LogP contribution >= 0.6 is 11.6 Å². The maximum Gasteiger partial charge on any atom is 0.329 e. The lowest BCUT2D eigenvalue weighted by molar-refractivity contribution is -0.165. The number of rotatable bonds is 5. The Morgan fingerprint density at radius 2 is 2.21 bits per heavy atom. The molecular formula is C13H16ClNO4. The predicted octanol–water partition coefficient (Wildman–Crippen LogP) is 1.72. The molecule has 2 rings (SSSR count). The Labute approximate surface area is 116 Å². The molecule has 1 aromatic carbocycles. The Kier molecular flexibility index (Phi) is 3.99. The Hall–Kier alpha value is -1.30. The number of halogens is 1. The number of ether oxygens (including phenoxy) is 1. The third-order valence-corrected chi connectivity index (χ3v) is 3.33. The van der Waals surface area contributed by atoms with Crippen LogP contribution in [0.3, 0.4) is 0 Å². The minimum absolute atomic E-state index is 0.212. The van der Waals surface area contributed by atoms with Gasteiger partial charge >= 0.3 is 5.97 Å².